The molecule has 5 nitrogen and oxygen atoms in total. The largest absolute Gasteiger partial charge is 0.454 e. The average molecular weight is 447 g/mol. The lowest BCUT2D eigenvalue weighted by Crippen LogP contribution is -2.29. The van der Waals surface area contributed by atoms with Gasteiger partial charge in [0.25, 0.3) is 0 Å². The molecular formula is C29H22N2O3. The molecule has 34 heavy (non-hydrogen) atoms. The fraction of sp³-hybridized carbons (Fsp3) is 0.172. The summed E-state index contributed by atoms with van der Waals surface area (Å²) in [6.07, 6.45) is 3.13. The molecule has 0 unspecified atom stereocenters. The van der Waals surface area contributed by atoms with Crippen LogP contribution in [-0.4, -0.2) is 17.6 Å². The maximum Gasteiger partial charge on any atom is 0.231 e. The van der Waals surface area contributed by atoms with Crippen LogP contribution in [0.15, 0.2) is 84.6 Å². The summed E-state index contributed by atoms with van der Waals surface area (Å²) in [5, 5.41) is 4.75. The number of fused-ring (bicyclic) bond motifs is 5. The van der Waals surface area contributed by atoms with Crippen molar-refractivity contribution in [3.05, 3.63) is 101 Å². The average Bonchev–Trinajstić information content (AvgIpc) is 3.36. The molecule has 0 radical (unpaired) electrons. The molecule has 7 rings (SSSR count). The number of pyridine rings is 1. The van der Waals surface area contributed by atoms with Crippen LogP contribution < -0.4 is 14.8 Å². The first kappa shape index (κ1) is 19.4. The molecule has 0 saturated heterocycles. The van der Waals surface area contributed by atoms with Crippen molar-refractivity contribution in [3.63, 3.8) is 0 Å². The fourth-order valence-corrected chi connectivity index (χ4v) is 5.63. The Morgan fingerprint density at radius 3 is 2.65 bits per heavy atom. The summed E-state index contributed by atoms with van der Waals surface area (Å²) >= 11 is 0. The van der Waals surface area contributed by atoms with E-state index in [1.165, 1.54) is 5.56 Å². The number of carbonyl (C=O) groups excluding carboxylic acids is 1. The van der Waals surface area contributed by atoms with Gasteiger partial charge >= 0.3 is 0 Å². The topological polar surface area (TPSA) is 60.5 Å². The zero-order chi connectivity index (χ0) is 22.6. The molecule has 4 aromatic rings. The normalized spacial score (nSPS) is 20.6. The lowest BCUT2D eigenvalue weighted by molar-refractivity contribution is -0.116. The SMILES string of the molecule is O=C1C[C@@H](c2ccccc2)CC2=C1[C@@H](c1ccc3c(c1)OCO3)Nc1ccc3ncccc3c12. The molecule has 2 aliphatic heterocycles. The zero-order valence-corrected chi connectivity index (χ0v) is 18.5. The number of anilines is 1. The van der Waals surface area contributed by atoms with Crippen LogP contribution in [0.5, 0.6) is 11.5 Å². The minimum absolute atomic E-state index is 0.155. The van der Waals surface area contributed by atoms with Crippen LogP contribution in [0.4, 0.5) is 5.69 Å². The molecule has 0 bridgehead atoms. The Morgan fingerprint density at radius 1 is 0.853 bits per heavy atom. The third kappa shape index (κ3) is 2.93. The summed E-state index contributed by atoms with van der Waals surface area (Å²) in [6.45, 7) is 0.227. The van der Waals surface area contributed by atoms with E-state index in [0.29, 0.717) is 6.42 Å². The zero-order valence-electron chi connectivity index (χ0n) is 18.5. The highest BCUT2D eigenvalue weighted by Crippen LogP contribution is 2.51. The monoisotopic (exact) mass is 446 g/mol. The molecule has 1 aliphatic carbocycles. The maximum atomic E-state index is 13.8. The van der Waals surface area contributed by atoms with Crippen LogP contribution in [0.3, 0.4) is 0 Å². The summed E-state index contributed by atoms with van der Waals surface area (Å²) < 4.78 is 11.1. The van der Waals surface area contributed by atoms with Crippen molar-refractivity contribution in [2.45, 2.75) is 24.8 Å². The number of carbonyl (C=O) groups is 1. The van der Waals surface area contributed by atoms with Crippen LogP contribution in [0.25, 0.3) is 16.5 Å². The first-order chi connectivity index (χ1) is 16.8. The molecule has 166 valence electrons. The van der Waals surface area contributed by atoms with Gasteiger partial charge in [0, 0.05) is 34.8 Å². The second-order valence-corrected chi connectivity index (χ2v) is 9.08. The van der Waals surface area contributed by atoms with Crippen LogP contribution >= 0.6 is 0 Å². The summed E-state index contributed by atoms with van der Waals surface area (Å²) in [7, 11) is 0. The third-order valence-corrected chi connectivity index (χ3v) is 7.18. The Kier molecular flexibility index (Phi) is 4.24. The second-order valence-electron chi connectivity index (χ2n) is 9.08. The lowest BCUT2D eigenvalue weighted by atomic mass is 9.72. The number of rotatable bonds is 2. The molecule has 0 fully saturated rings. The van der Waals surface area contributed by atoms with Gasteiger partial charge in [-0.15, -0.1) is 0 Å². The van der Waals surface area contributed by atoms with Crippen LogP contribution in [0.2, 0.25) is 0 Å². The smallest absolute Gasteiger partial charge is 0.231 e. The van der Waals surface area contributed by atoms with E-state index < -0.39 is 0 Å². The van der Waals surface area contributed by atoms with E-state index in [2.05, 4.69) is 46.7 Å². The lowest BCUT2D eigenvalue weighted by Gasteiger charge is -2.37. The number of nitrogens with one attached hydrogen (secondary N) is 1. The number of ether oxygens (including phenoxy) is 2. The van der Waals surface area contributed by atoms with Crippen molar-refractivity contribution in [2.75, 3.05) is 12.1 Å². The first-order valence-corrected chi connectivity index (χ1v) is 11.6. The number of nitrogens with zero attached hydrogens (tertiary/aromatic N) is 1. The van der Waals surface area contributed by atoms with Gasteiger partial charge in [0.2, 0.25) is 6.79 Å². The molecule has 1 aromatic heterocycles. The van der Waals surface area contributed by atoms with Crippen molar-refractivity contribution >= 4 is 27.9 Å². The van der Waals surface area contributed by atoms with Gasteiger partial charge in [0.15, 0.2) is 17.3 Å². The second kappa shape index (κ2) is 7.45. The Labute approximate surface area is 197 Å². The maximum absolute atomic E-state index is 13.8. The molecule has 0 saturated carbocycles. The summed E-state index contributed by atoms with van der Waals surface area (Å²) in [6, 6.07) is 24.3. The number of hydrogen-bond donors (Lipinski definition) is 1. The van der Waals surface area contributed by atoms with E-state index in [0.717, 1.165) is 56.8 Å². The van der Waals surface area contributed by atoms with Gasteiger partial charge in [-0.3, -0.25) is 9.78 Å². The number of aromatic nitrogens is 1. The predicted molar refractivity (Wildman–Crippen MR) is 131 cm³/mol. The molecule has 0 spiro atoms. The molecule has 3 aromatic carbocycles. The quantitative estimate of drug-likeness (QED) is 0.407. The van der Waals surface area contributed by atoms with Crippen molar-refractivity contribution < 1.29 is 14.3 Å². The number of benzene rings is 3. The first-order valence-electron chi connectivity index (χ1n) is 11.6. The molecule has 5 heteroatoms. The van der Waals surface area contributed by atoms with Crippen molar-refractivity contribution in [1.29, 1.82) is 0 Å². The molecule has 2 atom stereocenters. The summed E-state index contributed by atoms with van der Waals surface area (Å²) in [4.78, 5) is 18.4. The van der Waals surface area contributed by atoms with E-state index in [1.807, 2.05) is 42.6 Å². The Balaban J connectivity index is 1.44. The van der Waals surface area contributed by atoms with E-state index in [4.69, 9.17) is 9.47 Å². The minimum atomic E-state index is -0.240. The fourth-order valence-electron chi connectivity index (χ4n) is 5.63. The summed E-state index contributed by atoms with van der Waals surface area (Å²) in [5.74, 6) is 1.81. The number of ketones is 1. The van der Waals surface area contributed by atoms with Gasteiger partial charge in [-0.1, -0.05) is 42.5 Å². The molecule has 0 amide bonds. The minimum Gasteiger partial charge on any atom is -0.454 e. The van der Waals surface area contributed by atoms with E-state index in [1.54, 1.807) is 0 Å². The van der Waals surface area contributed by atoms with Crippen LogP contribution in [0, 0.1) is 0 Å². The molecule has 3 heterocycles. The number of Topliss-reactive ketones (excluding diaryl/α,β-unsaturated/α-hetero) is 1. The van der Waals surface area contributed by atoms with Gasteiger partial charge < -0.3 is 14.8 Å². The van der Waals surface area contributed by atoms with Crippen molar-refractivity contribution in [1.82, 2.24) is 4.98 Å². The van der Waals surface area contributed by atoms with E-state index in [-0.39, 0.29) is 24.5 Å². The van der Waals surface area contributed by atoms with E-state index in [9.17, 15) is 4.79 Å². The Hall–Kier alpha value is -4.12. The van der Waals surface area contributed by atoms with Crippen LogP contribution in [0.1, 0.15) is 41.5 Å². The number of allylic oxidation sites excluding steroid dienone is 1. The van der Waals surface area contributed by atoms with E-state index >= 15 is 0 Å². The van der Waals surface area contributed by atoms with Gasteiger partial charge in [0.1, 0.15) is 0 Å². The highest BCUT2D eigenvalue weighted by atomic mass is 16.7. The highest BCUT2D eigenvalue weighted by Gasteiger charge is 2.39. The van der Waals surface area contributed by atoms with Gasteiger partial charge in [-0.05, 0) is 59.4 Å². The van der Waals surface area contributed by atoms with Crippen LogP contribution in [-0.2, 0) is 4.79 Å². The molecular weight excluding hydrogens is 424 g/mol. The third-order valence-electron chi connectivity index (χ3n) is 7.18. The summed E-state index contributed by atoms with van der Waals surface area (Å²) in [5.41, 5.74) is 7.26. The predicted octanol–water partition coefficient (Wildman–Crippen LogP) is 6.03. The van der Waals surface area contributed by atoms with Gasteiger partial charge in [-0.2, -0.15) is 0 Å². The molecule has 1 N–H and O–H groups in total. The standard InChI is InChI=1S/C29H22N2O3/c32-24-14-19(17-5-2-1-3-6-17)13-21-27-20-7-4-12-30-22(20)9-10-23(27)31-29(28(21)24)18-8-11-25-26(15-18)34-16-33-25/h1-12,15,19,29,31H,13-14,16H2/t19-,29+/m0/s1. The Morgan fingerprint density at radius 2 is 1.74 bits per heavy atom. The number of hydrogen-bond acceptors (Lipinski definition) is 5. The van der Waals surface area contributed by atoms with Gasteiger partial charge in [-0.25, -0.2) is 0 Å². The van der Waals surface area contributed by atoms with Gasteiger partial charge in [0.05, 0.1) is 11.6 Å². The Bertz CT molecular complexity index is 1490. The van der Waals surface area contributed by atoms with Crippen molar-refractivity contribution in [3.8, 4) is 11.5 Å². The molecule has 3 aliphatic rings. The highest BCUT2D eigenvalue weighted by molar-refractivity contribution is 6.12. The van der Waals surface area contributed by atoms with Crippen molar-refractivity contribution in [2.24, 2.45) is 0 Å².